The highest BCUT2D eigenvalue weighted by Gasteiger charge is 2.29. The third-order valence-corrected chi connectivity index (χ3v) is 2.28. The zero-order valence-electron chi connectivity index (χ0n) is 7.35. The van der Waals surface area contributed by atoms with E-state index >= 15 is 0 Å². The van der Waals surface area contributed by atoms with E-state index < -0.39 is 5.51 Å². The maximum atomic E-state index is 12.0. The largest absolute Gasteiger partial charge is 0.446 e. The van der Waals surface area contributed by atoms with Crippen LogP contribution in [0.1, 0.15) is 0 Å². The van der Waals surface area contributed by atoms with Crippen molar-refractivity contribution in [3.05, 3.63) is 36.9 Å². The summed E-state index contributed by atoms with van der Waals surface area (Å²) < 4.78 is 37.6. The lowest BCUT2D eigenvalue weighted by Gasteiger charge is -2.02. The van der Waals surface area contributed by atoms with Crippen molar-refractivity contribution in [1.29, 1.82) is 0 Å². The summed E-state index contributed by atoms with van der Waals surface area (Å²) in [6.45, 7) is 0. The summed E-state index contributed by atoms with van der Waals surface area (Å²) in [4.78, 5) is 1.39. The van der Waals surface area contributed by atoms with Crippen LogP contribution in [-0.2, 0) is 0 Å². The van der Waals surface area contributed by atoms with Crippen LogP contribution in [0.25, 0.3) is 0 Å². The van der Waals surface area contributed by atoms with Gasteiger partial charge in [0.25, 0.3) is 0 Å². The first-order chi connectivity index (χ1) is 7.04. The average molecular weight is 233 g/mol. The first-order valence-corrected chi connectivity index (χ1v) is 4.80. The van der Waals surface area contributed by atoms with Crippen molar-refractivity contribution in [3.8, 4) is 0 Å². The molecule has 0 bridgehead atoms. The monoisotopic (exact) mass is 233 g/mol. The van der Waals surface area contributed by atoms with Crippen LogP contribution < -0.4 is 0 Å². The Hall–Kier alpha value is -1.37. The van der Waals surface area contributed by atoms with E-state index in [4.69, 9.17) is 0 Å². The fraction of sp³-hybridized carbons (Fsp3) is 0.125. The molecule has 0 aliphatic carbocycles. The molecule has 0 aliphatic heterocycles. The lowest BCUT2D eigenvalue weighted by Crippen LogP contribution is -2.05. The summed E-state index contributed by atoms with van der Waals surface area (Å²) in [6.07, 6.45) is 5.88. The molecule has 0 spiro atoms. The smallest absolute Gasteiger partial charge is 0.248 e. The van der Waals surface area contributed by atoms with Gasteiger partial charge in [-0.25, -0.2) is 4.68 Å². The molecule has 0 N–H and O–H groups in total. The van der Waals surface area contributed by atoms with E-state index in [9.17, 15) is 13.2 Å². The van der Waals surface area contributed by atoms with Crippen molar-refractivity contribution >= 4 is 11.8 Å². The molecule has 2 heterocycles. The minimum Gasteiger partial charge on any atom is -0.248 e. The van der Waals surface area contributed by atoms with Gasteiger partial charge >= 0.3 is 5.51 Å². The standard InChI is InChI=1S/C8H6F3N3S/c9-8(10,11)15-7-5-12-14(6-7)13-3-1-2-4-13/h1-6H. The van der Waals surface area contributed by atoms with Gasteiger partial charge in [0, 0.05) is 12.4 Å². The molecule has 15 heavy (non-hydrogen) atoms. The molecule has 0 fully saturated rings. The molecule has 0 unspecified atom stereocenters. The van der Waals surface area contributed by atoms with Crippen LogP contribution >= 0.6 is 11.8 Å². The molecule has 0 saturated heterocycles. The van der Waals surface area contributed by atoms with E-state index in [-0.39, 0.29) is 16.7 Å². The number of thioether (sulfide) groups is 1. The molecular formula is C8H6F3N3S. The minimum absolute atomic E-state index is 0.0659. The van der Waals surface area contributed by atoms with Crippen LogP contribution in [0.5, 0.6) is 0 Å². The summed E-state index contributed by atoms with van der Waals surface area (Å²) in [5, 5.41) is 3.80. The van der Waals surface area contributed by atoms with Crippen molar-refractivity contribution in [2.45, 2.75) is 10.4 Å². The highest BCUT2D eigenvalue weighted by molar-refractivity contribution is 8.00. The van der Waals surface area contributed by atoms with Crippen molar-refractivity contribution in [2.75, 3.05) is 0 Å². The van der Waals surface area contributed by atoms with Crippen molar-refractivity contribution in [1.82, 2.24) is 14.6 Å². The first kappa shape index (κ1) is 10.2. The Morgan fingerprint density at radius 2 is 1.87 bits per heavy atom. The zero-order valence-corrected chi connectivity index (χ0v) is 8.16. The van der Waals surface area contributed by atoms with Crippen LogP contribution in [-0.4, -0.2) is 20.1 Å². The Morgan fingerprint density at radius 3 is 2.47 bits per heavy atom. The quantitative estimate of drug-likeness (QED) is 0.744. The molecule has 0 amide bonds. The third kappa shape index (κ3) is 2.56. The highest BCUT2D eigenvalue weighted by Crippen LogP contribution is 2.36. The van der Waals surface area contributed by atoms with Gasteiger partial charge in [0.1, 0.15) is 0 Å². The number of halogens is 3. The van der Waals surface area contributed by atoms with Crippen LogP contribution in [0, 0.1) is 0 Å². The second-order valence-electron chi connectivity index (χ2n) is 2.71. The molecule has 2 rings (SSSR count). The summed E-state index contributed by atoms with van der Waals surface area (Å²) in [7, 11) is 0. The van der Waals surface area contributed by atoms with Gasteiger partial charge in [-0.2, -0.15) is 23.1 Å². The molecule has 0 radical (unpaired) electrons. The lowest BCUT2D eigenvalue weighted by atomic mass is 10.7. The predicted octanol–water partition coefficient (Wildman–Crippen LogP) is 2.61. The fourth-order valence-electron chi connectivity index (χ4n) is 1.07. The highest BCUT2D eigenvalue weighted by atomic mass is 32.2. The number of alkyl halides is 3. The van der Waals surface area contributed by atoms with E-state index in [1.54, 1.807) is 29.2 Å². The van der Waals surface area contributed by atoms with E-state index in [1.165, 1.54) is 17.2 Å². The Labute approximate surface area is 87.5 Å². The molecule has 0 aliphatic rings. The predicted molar refractivity (Wildman–Crippen MR) is 49.4 cm³/mol. The maximum absolute atomic E-state index is 12.0. The molecular weight excluding hydrogens is 227 g/mol. The van der Waals surface area contributed by atoms with Crippen LogP contribution in [0.2, 0.25) is 0 Å². The minimum atomic E-state index is -4.27. The molecule has 0 aromatic carbocycles. The van der Waals surface area contributed by atoms with Gasteiger partial charge in [-0.3, -0.25) is 0 Å². The second-order valence-corrected chi connectivity index (χ2v) is 3.85. The Morgan fingerprint density at radius 1 is 1.20 bits per heavy atom. The second kappa shape index (κ2) is 3.65. The molecule has 3 nitrogen and oxygen atoms in total. The van der Waals surface area contributed by atoms with Crippen LogP contribution in [0.4, 0.5) is 13.2 Å². The Balaban J connectivity index is 2.18. The van der Waals surface area contributed by atoms with Gasteiger partial charge in [-0.1, -0.05) is 0 Å². The first-order valence-electron chi connectivity index (χ1n) is 3.99. The topological polar surface area (TPSA) is 22.8 Å². The molecule has 80 valence electrons. The molecule has 7 heteroatoms. The average Bonchev–Trinajstić information content (AvgIpc) is 2.68. The van der Waals surface area contributed by atoms with E-state index in [2.05, 4.69) is 5.10 Å². The molecule has 0 atom stereocenters. The number of hydrogen-bond donors (Lipinski definition) is 0. The molecule has 2 aromatic rings. The van der Waals surface area contributed by atoms with Gasteiger partial charge in [0.2, 0.25) is 0 Å². The summed E-state index contributed by atoms with van der Waals surface area (Å²) in [5.41, 5.74) is -4.27. The number of hydrogen-bond acceptors (Lipinski definition) is 2. The van der Waals surface area contributed by atoms with E-state index in [0.717, 1.165) is 0 Å². The lowest BCUT2D eigenvalue weighted by molar-refractivity contribution is -0.0328. The summed E-state index contributed by atoms with van der Waals surface area (Å²) in [6, 6.07) is 3.52. The number of nitrogens with zero attached hydrogens (tertiary/aromatic N) is 3. The number of aromatic nitrogens is 3. The van der Waals surface area contributed by atoms with Gasteiger partial charge in [0.15, 0.2) is 0 Å². The van der Waals surface area contributed by atoms with E-state index in [0.29, 0.717) is 0 Å². The van der Waals surface area contributed by atoms with Gasteiger partial charge in [-0.05, 0) is 23.9 Å². The Bertz CT molecular complexity index is 432. The summed E-state index contributed by atoms with van der Waals surface area (Å²) in [5.74, 6) is 0. The van der Waals surface area contributed by atoms with Crippen LogP contribution in [0.15, 0.2) is 41.8 Å². The van der Waals surface area contributed by atoms with Gasteiger partial charge in [-0.15, -0.1) is 0 Å². The SMILES string of the molecule is FC(F)(F)Sc1cnn(-n2cccc2)c1. The fourth-order valence-corrected chi connectivity index (χ4v) is 1.59. The molecule has 2 aromatic heterocycles. The third-order valence-electron chi connectivity index (χ3n) is 1.60. The van der Waals surface area contributed by atoms with Gasteiger partial charge in [0.05, 0.1) is 17.3 Å². The normalized spacial score (nSPS) is 11.9. The maximum Gasteiger partial charge on any atom is 0.446 e. The number of rotatable bonds is 2. The summed E-state index contributed by atoms with van der Waals surface area (Å²) >= 11 is -0.178. The van der Waals surface area contributed by atoms with Crippen molar-refractivity contribution < 1.29 is 13.2 Å². The van der Waals surface area contributed by atoms with E-state index in [1.807, 2.05) is 0 Å². The molecule has 0 saturated carbocycles. The Kier molecular flexibility index (Phi) is 2.47. The van der Waals surface area contributed by atoms with Crippen molar-refractivity contribution in [3.63, 3.8) is 0 Å². The zero-order chi connectivity index (χ0) is 10.9. The van der Waals surface area contributed by atoms with Crippen molar-refractivity contribution in [2.24, 2.45) is 0 Å². The van der Waals surface area contributed by atoms with Crippen LogP contribution in [0.3, 0.4) is 0 Å². The van der Waals surface area contributed by atoms with Gasteiger partial charge < -0.3 is 0 Å².